The van der Waals surface area contributed by atoms with Crippen LogP contribution in [-0.2, 0) is 11.2 Å². The first-order chi connectivity index (χ1) is 14.7. The number of amides is 1. The molecule has 0 saturated carbocycles. The van der Waals surface area contributed by atoms with Crippen LogP contribution in [-0.4, -0.2) is 44.2 Å². The average Bonchev–Trinajstić information content (AvgIpc) is 3.08. The molecule has 0 aliphatic carbocycles. The summed E-state index contributed by atoms with van der Waals surface area (Å²) in [7, 11) is 1.68. The number of likely N-dealkylation sites (tertiary alicyclic amines) is 1. The van der Waals surface area contributed by atoms with Gasteiger partial charge in [0.2, 0.25) is 0 Å². The van der Waals surface area contributed by atoms with Crippen molar-refractivity contribution in [3.8, 4) is 11.5 Å². The molecule has 1 atom stereocenters. The van der Waals surface area contributed by atoms with Gasteiger partial charge in [-0.1, -0.05) is 44.0 Å². The fraction of sp³-hybridized carbons (Fsp3) is 0.480. The highest BCUT2D eigenvalue weighted by atomic mass is 16.5. The molecule has 162 valence electrons. The molecule has 1 saturated heterocycles. The van der Waals surface area contributed by atoms with Gasteiger partial charge >= 0.3 is 0 Å². The minimum Gasteiger partial charge on any atom is -0.497 e. The summed E-state index contributed by atoms with van der Waals surface area (Å²) in [4.78, 5) is 15.0. The van der Waals surface area contributed by atoms with Gasteiger partial charge in [-0.3, -0.25) is 9.69 Å². The maximum Gasteiger partial charge on any atom is 0.258 e. The zero-order valence-corrected chi connectivity index (χ0v) is 18.2. The van der Waals surface area contributed by atoms with Crippen LogP contribution >= 0.6 is 0 Å². The van der Waals surface area contributed by atoms with Gasteiger partial charge in [0.25, 0.3) is 5.91 Å². The standard InChI is InChI=1S/C25H34N2O3/c1-3-20-8-12-23(13-9-20)30-19-25(28)26-18-24(27-16-6-4-5-7-17-27)21-10-14-22(29-2)15-11-21/h8-15,24H,3-7,16-19H2,1-2H3,(H,26,28)/t24-/m1/s1. The van der Waals surface area contributed by atoms with Crippen molar-refractivity contribution in [1.29, 1.82) is 0 Å². The summed E-state index contributed by atoms with van der Waals surface area (Å²) in [6, 6.07) is 16.3. The van der Waals surface area contributed by atoms with Gasteiger partial charge in [-0.2, -0.15) is 0 Å². The number of benzene rings is 2. The van der Waals surface area contributed by atoms with Crippen molar-refractivity contribution < 1.29 is 14.3 Å². The molecular weight excluding hydrogens is 376 g/mol. The van der Waals surface area contributed by atoms with Crippen molar-refractivity contribution in [3.63, 3.8) is 0 Å². The molecule has 0 bridgehead atoms. The number of carbonyl (C=O) groups is 1. The van der Waals surface area contributed by atoms with Crippen LogP contribution in [0.5, 0.6) is 11.5 Å². The maximum atomic E-state index is 12.5. The van der Waals surface area contributed by atoms with Gasteiger partial charge in [0.1, 0.15) is 11.5 Å². The smallest absolute Gasteiger partial charge is 0.258 e. The van der Waals surface area contributed by atoms with Gasteiger partial charge in [0.15, 0.2) is 6.61 Å². The number of carbonyl (C=O) groups excluding carboxylic acids is 1. The summed E-state index contributed by atoms with van der Waals surface area (Å²) in [5.41, 5.74) is 2.46. The molecule has 30 heavy (non-hydrogen) atoms. The number of ether oxygens (including phenoxy) is 2. The third-order valence-electron chi connectivity index (χ3n) is 5.78. The Morgan fingerprint density at radius 1 is 0.967 bits per heavy atom. The molecule has 1 aliphatic rings. The molecule has 1 amide bonds. The van der Waals surface area contributed by atoms with Crippen LogP contribution in [0.1, 0.15) is 49.8 Å². The van der Waals surface area contributed by atoms with Gasteiger partial charge in [-0.25, -0.2) is 0 Å². The lowest BCUT2D eigenvalue weighted by Crippen LogP contribution is -2.40. The number of rotatable bonds is 9. The van der Waals surface area contributed by atoms with Crippen LogP contribution in [0.4, 0.5) is 0 Å². The Morgan fingerprint density at radius 2 is 1.60 bits per heavy atom. The monoisotopic (exact) mass is 410 g/mol. The second-order valence-electron chi connectivity index (χ2n) is 7.83. The fourth-order valence-corrected chi connectivity index (χ4v) is 3.92. The highest BCUT2D eigenvalue weighted by Crippen LogP contribution is 2.25. The minimum absolute atomic E-state index is 0.0286. The van der Waals surface area contributed by atoms with Crippen molar-refractivity contribution >= 4 is 5.91 Å². The zero-order chi connectivity index (χ0) is 21.2. The summed E-state index contributed by atoms with van der Waals surface area (Å²) in [6.07, 6.45) is 5.96. The average molecular weight is 411 g/mol. The quantitative estimate of drug-likeness (QED) is 0.667. The molecular formula is C25H34N2O3. The number of methoxy groups -OCH3 is 1. The van der Waals surface area contributed by atoms with E-state index in [1.165, 1.54) is 36.8 Å². The van der Waals surface area contributed by atoms with E-state index in [1.54, 1.807) is 7.11 Å². The Morgan fingerprint density at radius 3 is 2.20 bits per heavy atom. The first-order valence-electron chi connectivity index (χ1n) is 11.1. The number of nitrogens with zero attached hydrogens (tertiary/aromatic N) is 1. The van der Waals surface area contributed by atoms with Crippen LogP contribution in [0.3, 0.4) is 0 Å². The lowest BCUT2D eigenvalue weighted by atomic mass is 10.0. The molecule has 0 aromatic heterocycles. The van der Waals surface area contributed by atoms with Crippen molar-refractivity contribution in [1.82, 2.24) is 10.2 Å². The fourth-order valence-electron chi connectivity index (χ4n) is 3.92. The van der Waals surface area contributed by atoms with Gasteiger partial charge in [0, 0.05) is 6.54 Å². The third-order valence-corrected chi connectivity index (χ3v) is 5.78. The lowest BCUT2D eigenvalue weighted by Gasteiger charge is -2.31. The van der Waals surface area contributed by atoms with Crippen molar-refractivity contribution in [3.05, 3.63) is 59.7 Å². The highest BCUT2D eigenvalue weighted by molar-refractivity contribution is 5.77. The summed E-state index contributed by atoms with van der Waals surface area (Å²) in [6.45, 7) is 4.84. The van der Waals surface area contributed by atoms with E-state index < -0.39 is 0 Å². The van der Waals surface area contributed by atoms with E-state index in [1.807, 2.05) is 36.4 Å². The molecule has 0 radical (unpaired) electrons. The summed E-state index contributed by atoms with van der Waals surface area (Å²) < 4.78 is 11.0. The van der Waals surface area contributed by atoms with Gasteiger partial charge in [-0.05, 0) is 67.7 Å². The van der Waals surface area contributed by atoms with Crippen LogP contribution in [0, 0.1) is 0 Å². The van der Waals surface area contributed by atoms with Gasteiger partial charge in [0.05, 0.1) is 13.2 Å². The van der Waals surface area contributed by atoms with E-state index in [9.17, 15) is 4.79 Å². The number of hydrogen-bond donors (Lipinski definition) is 1. The predicted octanol–water partition coefficient (Wildman–Crippen LogP) is 4.37. The SMILES string of the molecule is CCc1ccc(OCC(=O)NC[C@H](c2ccc(OC)cc2)N2CCCCCC2)cc1. The van der Waals surface area contributed by atoms with Crippen LogP contribution in [0.25, 0.3) is 0 Å². The lowest BCUT2D eigenvalue weighted by molar-refractivity contribution is -0.123. The minimum atomic E-state index is -0.0945. The number of nitrogens with one attached hydrogen (secondary N) is 1. The van der Waals surface area contributed by atoms with Crippen molar-refractivity contribution in [2.24, 2.45) is 0 Å². The first kappa shape index (κ1) is 22.2. The second-order valence-corrected chi connectivity index (χ2v) is 7.83. The molecule has 0 spiro atoms. The van der Waals surface area contributed by atoms with E-state index in [-0.39, 0.29) is 18.6 Å². The Bertz CT molecular complexity index is 766. The molecule has 1 N–H and O–H groups in total. The zero-order valence-electron chi connectivity index (χ0n) is 18.2. The number of hydrogen-bond acceptors (Lipinski definition) is 4. The van der Waals surface area contributed by atoms with Gasteiger partial charge in [-0.15, -0.1) is 0 Å². The Labute approximate surface area is 180 Å². The van der Waals surface area contributed by atoms with Crippen LogP contribution in [0.2, 0.25) is 0 Å². The largest absolute Gasteiger partial charge is 0.497 e. The van der Waals surface area contributed by atoms with Crippen molar-refractivity contribution in [2.45, 2.75) is 45.1 Å². The third kappa shape index (κ3) is 6.49. The van der Waals surface area contributed by atoms with E-state index >= 15 is 0 Å². The highest BCUT2D eigenvalue weighted by Gasteiger charge is 2.22. The van der Waals surface area contributed by atoms with Crippen LogP contribution < -0.4 is 14.8 Å². The first-order valence-corrected chi connectivity index (χ1v) is 11.1. The topological polar surface area (TPSA) is 50.8 Å². The summed E-state index contributed by atoms with van der Waals surface area (Å²) in [5, 5.41) is 3.08. The van der Waals surface area contributed by atoms with E-state index in [0.29, 0.717) is 6.54 Å². The maximum absolute atomic E-state index is 12.5. The van der Waals surface area contributed by atoms with E-state index in [4.69, 9.17) is 9.47 Å². The van der Waals surface area contributed by atoms with E-state index in [2.05, 4.69) is 29.3 Å². The molecule has 2 aromatic carbocycles. The molecule has 1 aliphatic heterocycles. The van der Waals surface area contributed by atoms with Crippen molar-refractivity contribution in [2.75, 3.05) is 33.4 Å². The predicted molar refractivity (Wildman–Crippen MR) is 120 cm³/mol. The Balaban J connectivity index is 1.59. The molecule has 2 aromatic rings. The summed E-state index contributed by atoms with van der Waals surface area (Å²) >= 11 is 0. The molecule has 1 heterocycles. The van der Waals surface area contributed by atoms with Gasteiger partial charge < -0.3 is 14.8 Å². The van der Waals surface area contributed by atoms with E-state index in [0.717, 1.165) is 31.0 Å². The normalized spacial score (nSPS) is 15.8. The van der Waals surface area contributed by atoms with Crippen LogP contribution in [0.15, 0.2) is 48.5 Å². The molecule has 1 fully saturated rings. The molecule has 5 nitrogen and oxygen atoms in total. The second kappa shape index (κ2) is 11.6. The molecule has 3 rings (SSSR count). The Kier molecular flexibility index (Phi) is 8.57. The molecule has 0 unspecified atom stereocenters. The Hall–Kier alpha value is -2.53. The molecule has 5 heteroatoms. The number of aryl methyl sites for hydroxylation is 1. The summed E-state index contributed by atoms with van der Waals surface area (Å²) in [5.74, 6) is 1.48.